The molecule has 160 valence electrons. The number of anilines is 1. The largest absolute Gasteiger partial charge is 0.441 e. The summed E-state index contributed by atoms with van der Waals surface area (Å²) in [6, 6.07) is 13.3. The Hall–Kier alpha value is -3.13. The number of rotatable bonds is 6. The van der Waals surface area contributed by atoms with E-state index >= 15 is 0 Å². The Morgan fingerprint density at radius 1 is 1.23 bits per heavy atom. The van der Waals surface area contributed by atoms with Crippen molar-refractivity contribution in [1.29, 1.82) is 0 Å². The van der Waals surface area contributed by atoms with Crippen molar-refractivity contribution in [2.45, 2.75) is 25.8 Å². The Morgan fingerprint density at radius 3 is 2.77 bits per heavy atom. The molecule has 2 aromatic carbocycles. The lowest BCUT2D eigenvalue weighted by molar-refractivity contribution is -0.136. The third-order valence-corrected chi connectivity index (χ3v) is 6.09. The molecular formula is C23H22FN3O3S. The van der Waals surface area contributed by atoms with Crippen LogP contribution in [0.3, 0.4) is 0 Å². The van der Waals surface area contributed by atoms with Crippen LogP contribution in [-0.4, -0.2) is 39.4 Å². The molecule has 31 heavy (non-hydrogen) atoms. The van der Waals surface area contributed by atoms with Gasteiger partial charge in [0.05, 0.1) is 17.8 Å². The predicted molar refractivity (Wildman–Crippen MR) is 118 cm³/mol. The van der Waals surface area contributed by atoms with E-state index in [0.29, 0.717) is 29.7 Å². The van der Waals surface area contributed by atoms with Gasteiger partial charge in [0.2, 0.25) is 11.8 Å². The lowest BCUT2D eigenvalue weighted by Crippen LogP contribution is -2.44. The van der Waals surface area contributed by atoms with E-state index in [4.69, 9.17) is 4.42 Å². The van der Waals surface area contributed by atoms with E-state index in [1.54, 1.807) is 18.3 Å². The number of carbonyl (C=O) groups is 2. The van der Waals surface area contributed by atoms with E-state index in [2.05, 4.69) is 10.3 Å². The lowest BCUT2D eigenvalue weighted by Gasteiger charge is -2.23. The molecule has 0 aliphatic carbocycles. The van der Waals surface area contributed by atoms with Gasteiger partial charge in [-0.1, -0.05) is 42.0 Å². The van der Waals surface area contributed by atoms with Gasteiger partial charge in [0, 0.05) is 24.2 Å². The van der Waals surface area contributed by atoms with Gasteiger partial charge in [0.25, 0.3) is 0 Å². The number of amides is 2. The highest BCUT2D eigenvalue weighted by Gasteiger charge is 2.34. The molecule has 0 bridgehead atoms. The average molecular weight is 440 g/mol. The smallest absolute Gasteiger partial charge is 0.248 e. The van der Waals surface area contributed by atoms with Crippen molar-refractivity contribution >= 4 is 29.3 Å². The summed E-state index contributed by atoms with van der Waals surface area (Å²) in [5, 5.41) is 2.58. The zero-order valence-corrected chi connectivity index (χ0v) is 17.8. The molecule has 1 atom stereocenters. The second-order valence-electron chi connectivity index (χ2n) is 7.33. The monoisotopic (exact) mass is 439 g/mol. The van der Waals surface area contributed by atoms with Gasteiger partial charge in [0.15, 0.2) is 11.7 Å². The van der Waals surface area contributed by atoms with Crippen LogP contribution in [0.5, 0.6) is 0 Å². The van der Waals surface area contributed by atoms with E-state index in [0.717, 1.165) is 11.1 Å². The van der Waals surface area contributed by atoms with Gasteiger partial charge in [-0.05, 0) is 19.1 Å². The number of carbonyl (C=O) groups excluding carboxylic acids is 2. The summed E-state index contributed by atoms with van der Waals surface area (Å²) in [6.07, 6.45) is 2.17. The molecule has 0 radical (unpaired) electrons. The van der Waals surface area contributed by atoms with E-state index in [-0.39, 0.29) is 23.9 Å². The summed E-state index contributed by atoms with van der Waals surface area (Å²) < 4.78 is 19.6. The number of nitrogens with one attached hydrogen (secondary N) is 1. The van der Waals surface area contributed by atoms with Crippen molar-refractivity contribution in [3.05, 3.63) is 72.0 Å². The summed E-state index contributed by atoms with van der Waals surface area (Å²) in [5.41, 5.74) is 2.20. The van der Waals surface area contributed by atoms with Gasteiger partial charge in [-0.3, -0.25) is 9.59 Å². The van der Waals surface area contributed by atoms with Gasteiger partial charge < -0.3 is 14.6 Å². The maximum Gasteiger partial charge on any atom is 0.248 e. The number of halogens is 1. The number of benzene rings is 2. The fraction of sp³-hybridized carbons (Fsp3) is 0.261. The van der Waals surface area contributed by atoms with E-state index in [1.807, 2.05) is 31.2 Å². The first-order valence-electron chi connectivity index (χ1n) is 9.95. The van der Waals surface area contributed by atoms with Gasteiger partial charge in [-0.15, -0.1) is 11.8 Å². The van der Waals surface area contributed by atoms with Gasteiger partial charge in [-0.25, -0.2) is 9.37 Å². The van der Waals surface area contributed by atoms with Crippen molar-refractivity contribution in [1.82, 2.24) is 9.88 Å². The zero-order chi connectivity index (χ0) is 21.8. The second-order valence-corrected chi connectivity index (χ2v) is 8.33. The third-order valence-electron chi connectivity index (χ3n) is 5.08. The number of aryl methyl sites for hydroxylation is 2. The lowest BCUT2D eigenvalue weighted by atomic mass is 10.1. The van der Waals surface area contributed by atoms with Crippen LogP contribution in [0.1, 0.15) is 17.9 Å². The Balaban J connectivity index is 1.35. The summed E-state index contributed by atoms with van der Waals surface area (Å²) in [7, 11) is 0. The fourth-order valence-electron chi connectivity index (χ4n) is 3.32. The molecule has 1 saturated heterocycles. The number of hydrogen-bond acceptors (Lipinski definition) is 5. The van der Waals surface area contributed by atoms with Crippen molar-refractivity contribution in [3.8, 4) is 11.3 Å². The number of aromatic nitrogens is 1. The van der Waals surface area contributed by atoms with Crippen molar-refractivity contribution in [2.24, 2.45) is 0 Å². The Bertz CT molecular complexity index is 1080. The maximum atomic E-state index is 13.8. The first-order valence-corrected chi connectivity index (χ1v) is 11.1. The SMILES string of the molecule is Cc1ccc(-c2cnc(CCC(=O)N3CSCC3C(=O)Nc3ccccc3F)o2)cc1. The highest BCUT2D eigenvalue weighted by Crippen LogP contribution is 2.25. The van der Waals surface area contributed by atoms with Crippen molar-refractivity contribution in [3.63, 3.8) is 0 Å². The molecule has 2 amide bonds. The predicted octanol–water partition coefficient (Wildman–Crippen LogP) is 4.26. The molecular weight excluding hydrogens is 417 g/mol. The summed E-state index contributed by atoms with van der Waals surface area (Å²) in [6.45, 7) is 2.02. The molecule has 1 fully saturated rings. The summed E-state index contributed by atoms with van der Waals surface area (Å²) in [4.78, 5) is 31.2. The molecule has 3 aromatic rings. The number of hydrogen-bond donors (Lipinski definition) is 1. The molecule has 1 N–H and O–H groups in total. The van der Waals surface area contributed by atoms with Gasteiger partial charge in [0.1, 0.15) is 11.9 Å². The normalized spacial score (nSPS) is 15.8. The Kier molecular flexibility index (Phi) is 6.36. The van der Waals surface area contributed by atoms with Crippen LogP contribution in [0, 0.1) is 12.7 Å². The number of nitrogens with zero attached hydrogens (tertiary/aromatic N) is 2. The van der Waals surface area contributed by atoms with Crippen LogP contribution in [0.2, 0.25) is 0 Å². The Labute approximate surface area is 183 Å². The maximum absolute atomic E-state index is 13.8. The zero-order valence-electron chi connectivity index (χ0n) is 17.0. The topological polar surface area (TPSA) is 75.4 Å². The molecule has 0 spiro atoms. The number of para-hydroxylation sites is 1. The standard InChI is InChI=1S/C23H22FN3O3S/c1-15-6-8-16(9-7-15)20-12-25-21(30-20)10-11-22(28)27-14-31-13-19(27)23(29)26-18-5-3-2-4-17(18)24/h2-9,12,19H,10-11,13-14H2,1H3,(H,26,29). The molecule has 1 aliphatic heterocycles. The number of oxazole rings is 1. The van der Waals surface area contributed by atoms with Crippen molar-refractivity contribution in [2.75, 3.05) is 16.9 Å². The third kappa shape index (κ3) is 4.96. The van der Waals surface area contributed by atoms with Crippen LogP contribution >= 0.6 is 11.8 Å². The minimum atomic E-state index is -0.634. The van der Waals surface area contributed by atoms with Crippen molar-refractivity contribution < 1.29 is 18.4 Å². The molecule has 2 heterocycles. The molecule has 1 unspecified atom stereocenters. The number of thioether (sulfide) groups is 1. The van der Waals surface area contributed by atoms with Crippen LogP contribution in [0.25, 0.3) is 11.3 Å². The highest BCUT2D eigenvalue weighted by molar-refractivity contribution is 7.99. The Morgan fingerprint density at radius 2 is 2.00 bits per heavy atom. The molecule has 6 nitrogen and oxygen atoms in total. The van der Waals surface area contributed by atoms with Gasteiger partial charge in [-0.2, -0.15) is 0 Å². The van der Waals surface area contributed by atoms with E-state index in [1.165, 1.54) is 28.8 Å². The van der Waals surface area contributed by atoms with Gasteiger partial charge >= 0.3 is 0 Å². The van der Waals surface area contributed by atoms with E-state index in [9.17, 15) is 14.0 Å². The highest BCUT2D eigenvalue weighted by atomic mass is 32.2. The molecule has 8 heteroatoms. The first kappa shape index (κ1) is 21.1. The minimum Gasteiger partial charge on any atom is -0.441 e. The molecule has 4 rings (SSSR count). The van der Waals surface area contributed by atoms with E-state index < -0.39 is 11.9 Å². The second kappa shape index (κ2) is 9.34. The summed E-state index contributed by atoms with van der Waals surface area (Å²) >= 11 is 1.50. The quantitative estimate of drug-likeness (QED) is 0.621. The fourth-order valence-corrected chi connectivity index (χ4v) is 4.50. The first-order chi connectivity index (χ1) is 15.0. The van der Waals surface area contributed by atoms with Crippen LogP contribution in [0.15, 0.2) is 59.1 Å². The van der Waals surface area contributed by atoms with Crippen LogP contribution in [-0.2, 0) is 16.0 Å². The molecule has 0 saturated carbocycles. The van der Waals surface area contributed by atoms with Crippen LogP contribution in [0.4, 0.5) is 10.1 Å². The molecule has 1 aliphatic rings. The van der Waals surface area contributed by atoms with Crippen LogP contribution < -0.4 is 5.32 Å². The summed E-state index contributed by atoms with van der Waals surface area (Å²) in [5.74, 6) is 0.976. The minimum absolute atomic E-state index is 0.111. The average Bonchev–Trinajstić information content (AvgIpc) is 3.44. The molecule has 1 aromatic heterocycles.